The van der Waals surface area contributed by atoms with Crippen LogP contribution in [0, 0.1) is 0 Å². The number of hydrogen-bond donors (Lipinski definition) is 1. The van der Waals surface area contributed by atoms with Gasteiger partial charge in [0.1, 0.15) is 5.75 Å². The second-order valence-corrected chi connectivity index (χ2v) is 4.30. The predicted octanol–water partition coefficient (Wildman–Crippen LogP) is 1.16. The standard InChI is InChI=1S/C9H8FNO4S/c10-16(13,14)15-7-3-1-6-2-4-9(12)11-8(6)5-7/h1,3,5H,2,4H2,(H,11,12). The van der Waals surface area contributed by atoms with Crippen LogP contribution in [0.25, 0.3) is 0 Å². The molecule has 0 aromatic heterocycles. The molecule has 16 heavy (non-hydrogen) atoms. The van der Waals surface area contributed by atoms with Crippen LogP contribution >= 0.6 is 0 Å². The Kier molecular flexibility index (Phi) is 2.55. The fraction of sp³-hybridized carbons (Fsp3) is 0.222. The van der Waals surface area contributed by atoms with E-state index in [0.717, 1.165) is 5.56 Å². The molecule has 0 saturated carbocycles. The number of benzene rings is 1. The Hall–Kier alpha value is -1.63. The largest absolute Gasteiger partial charge is 0.488 e. The second kappa shape index (κ2) is 3.75. The molecule has 1 amide bonds. The molecule has 0 saturated heterocycles. The lowest BCUT2D eigenvalue weighted by molar-refractivity contribution is -0.116. The van der Waals surface area contributed by atoms with Gasteiger partial charge in [-0.25, -0.2) is 0 Å². The molecule has 2 rings (SSSR count). The SMILES string of the molecule is O=C1CCc2ccc(OS(=O)(=O)F)cc2N1. The van der Waals surface area contributed by atoms with Crippen molar-refractivity contribution in [3.05, 3.63) is 23.8 Å². The van der Waals surface area contributed by atoms with Crippen molar-refractivity contribution < 1.29 is 21.3 Å². The minimum Gasteiger partial charge on any atom is -0.358 e. The van der Waals surface area contributed by atoms with Crippen molar-refractivity contribution in [1.29, 1.82) is 0 Å². The number of anilines is 1. The summed E-state index contributed by atoms with van der Waals surface area (Å²) in [5, 5.41) is 2.55. The van der Waals surface area contributed by atoms with E-state index in [9.17, 15) is 17.1 Å². The summed E-state index contributed by atoms with van der Waals surface area (Å²) in [5.41, 5.74) is 1.32. The van der Waals surface area contributed by atoms with Crippen molar-refractivity contribution in [3.63, 3.8) is 0 Å². The van der Waals surface area contributed by atoms with Crippen molar-refractivity contribution in [2.45, 2.75) is 12.8 Å². The van der Waals surface area contributed by atoms with Crippen LogP contribution in [0.15, 0.2) is 18.2 Å². The molecule has 1 heterocycles. The highest BCUT2D eigenvalue weighted by molar-refractivity contribution is 7.81. The minimum atomic E-state index is -5.03. The van der Waals surface area contributed by atoms with Gasteiger partial charge in [0.25, 0.3) is 0 Å². The monoisotopic (exact) mass is 245 g/mol. The topological polar surface area (TPSA) is 72.5 Å². The van der Waals surface area contributed by atoms with Crippen LogP contribution in [0.5, 0.6) is 5.75 Å². The van der Waals surface area contributed by atoms with Crippen LogP contribution in [-0.2, 0) is 21.7 Å². The third-order valence-corrected chi connectivity index (χ3v) is 2.56. The maximum Gasteiger partial charge on any atom is 0.488 e. The summed E-state index contributed by atoms with van der Waals surface area (Å²) in [4.78, 5) is 11.1. The lowest BCUT2D eigenvalue weighted by atomic mass is 10.0. The van der Waals surface area contributed by atoms with E-state index in [1.165, 1.54) is 12.1 Å². The molecule has 0 fully saturated rings. The Morgan fingerprint density at radius 3 is 2.75 bits per heavy atom. The van der Waals surface area contributed by atoms with E-state index in [4.69, 9.17) is 0 Å². The van der Waals surface area contributed by atoms with E-state index in [1.807, 2.05) is 0 Å². The fourth-order valence-corrected chi connectivity index (χ4v) is 1.85. The zero-order valence-corrected chi connectivity index (χ0v) is 8.88. The van der Waals surface area contributed by atoms with Crippen molar-refractivity contribution in [2.24, 2.45) is 0 Å². The van der Waals surface area contributed by atoms with Crippen LogP contribution in [0.1, 0.15) is 12.0 Å². The Morgan fingerprint density at radius 1 is 1.31 bits per heavy atom. The molecule has 1 aromatic carbocycles. The summed E-state index contributed by atoms with van der Waals surface area (Å²) >= 11 is 0. The second-order valence-electron chi connectivity index (χ2n) is 3.34. The van der Waals surface area contributed by atoms with Crippen molar-refractivity contribution in [2.75, 3.05) is 5.32 Å². The number of fused-ring (bicyclic) bond motifs is 1. The van der Waals surface area contributed by atoms with E-state index in [0.29, 0.717) is 18.5 Å². The van der Waals surface area contributed by atoms with Gasteiger partial charge in [-0.3, -0.25) is 4.79 Å². The molecule has 0 spiro atoms. The average molecular weight is 245 g/mol. The maximum absolute atomic E-state index is 12.2. The molecule has 0 bridgehead atoms. The van der Waals surface area contributed by atoms with Gasteiger partial charge in [0, 0.05) is 18.2 Å². The van der Waals surface area contributed by atoms with Gasteiger partial charge in [-0.2, -0.15) is 8.42 Å². The molecule has 0 radical (unpaired) electrons. The average Bonchev–Trinajstić information content (AvgIpc) is 2.14. The fourth-order valence-electron chi connectivity index (χ4n) is 1.52. The number of amides is 1. The first-order valence-electron chi connectivity index (χ1n) is 4.51. The zero-order chi connectivity index (χ0) is 11.8. The third kappa shape index (κ3) is 2.48. The summed E-state index contributed by atoms with van der Waals surface area (Å²) in [7, 11) is -5.03. The van der Waals surface area contributed by atoms with Gasteiger partial charge < -0.3 is 9.50 Å². The van der Waals surface area contributed by atoms with Gasteiger partial charge in [0.05, 0.1) is 0 Å². The Bertz CT molecular complexity index is 540. The Balaban J connectivity index is 2.31. The first kappa shape index (κ1) is 10.9. The zero-order valence-electron chi connectivity index (χ0n) is 8.07. The van der Waals surface area contributed by atoms with Crippen molar-refractivity contribution in [1.82, 2.24) is 0 Å². The van der Waals surface area contributed by atoms with E-state index in [-0.39, 0.29) is 11.7 Å². The quantitative estimate of drug-likeness (QED) is 0.794. The van der Waals surface area contributed by atoms with Gasteiger partial charge in [0.15, 0.2) is 0 Å². The van der Waals surface area contributed by atoms with Crippen molar-refractivity contribution >= 4 is 22.1 Å². The molecule has 1 N–H and O–H groups in total. The number of nitrogens with one attached hydrogen (secondary N) is 1. The number of rotatable bonds is 2. The lowest BCUT2D eigenvalue weighted by Crippen LogP contribution is -2.18. The lowest BCUT2D eigenvalue weighted by Gasteiger charge is -2.16. The first-order chi connectivity index (χ1) is 7.44. The number of carbonyl (C=O) groups excluding carboxylic acids is 1. The summed E-state index contributed by atoms with van der Waals surface area (Å²) < 4.78 is 36.8. The van der Waals surface area contributed by atoms with E-state index < -0.39 is 10.5 Å². The number of halogens is 1. The summed E-state index contributed by atoms with van der Waals surface area (Å²) in [6, 6.07) is 4.21. The molecule has 0 atom stereocenters. The van der Waals surface area contributed by atoms with Crippen LogP contribution in [0.2, 0.25) is 0 Å². The van der Waals surface area contributed by atoms with Gasteiger partial charge in [-0.05, 0) is 18.1 Å². The van der Waals surface area contributed by atoms with Crippen LogP contribution < -0.4 is 9.50 Å². The highest BCUT2D eigenvalue weighted by Gasteiger charge is 2.17. The smallest absolute Gasteiger partial charge is 0.358 e. The number of aryl methyl sites for hydroxylation is 1. The molecule has 0 unspecified atom stereocenters. The normalized spacial score (nSPS) is 15.2. The van der Waals surface area contributed by atoms with E-state index in [2.05, 4.69) is 9.50 Å². The maximum atomic E-state index is 12.2. The summed E-state index contributed by atoms with van der Waals surface area (Å²) in [6.07, 6.45) is 0.957. The Morgan fingerprint density at radius 2 is 2.06 bits per heavy atom. The van der Waals surface area contributed by atoms with Crippen LogP contribution in [0.4, 0.5) is 9.57 Å². The van der Waals surface area contributed by atoms with E-state index in [1.54, 1.807) is 6.07 Å². The highest BCUT2D eigenvalue weighted by Crippen LogP contribution is 2.27. The summed E-state index contributed by atoms with van der Waals surface area (Å²) in [6.45, 7) is 0. The molecule has 1 aliphatic rings. The Labute approximate surface area is 91.6 Å². The van der Waals surface area contributed by atoms with Gasteiger partial charge in [-0.1, -0.05) is 9.95 Å². The molecule has 5 nitrogen and oxygen atoms in total. The molecule has 1 aromatic rings. The van der Waals surface area contributed by atoms with Crippen molar-refractivity contribution in [3.8, 4) is 5.75 Å². The first-order valence-corrected chi connectivity index (χ1v) is 5.82. The third-order valence-electron chi connectivity index (χ3n) is 2.17. The van der Waals surface area contributed by atoms with Gasteiger partial charge in [-0.15, -0.1) is 0 Å². The number of carbonyl (C=O) groups is 1. The highest BCUT2D eigenvalue weighted by atomic mass is 32.3. The van der Waals surface area contributed by atoms with E-state index >= 15 is 0 Å². The molecule has 0 aliphatic carbocycles. The van der Waals surface area contributed by atoms with Gasteiger partial charge >= 0.3 is 10.5 Å². The molecule has 1 aliphatic heterocycles. The summed E-state index contributed by atoms with van der Waals surface area (Å²) in [5.74, 6) is -0.323. The molecular formula is C9H8FNO4S. The minimum absolute atomic E-state index is 0.159. The van der Waals surface area contributed by atoms with Gasteiger partial charge in [0.2, 0.25) is 5.91 Å². The van der Waals surface area contributed by atoms with Crippen LogP contribution in [0.3, 0.4) is 0 Å². The molecule has 86 valence electrons. The molecular weight excluding hydrogens is 237 g/mol. The predicted molar refractivity (Wildman–Crippen MR) is 54.0 cm³/mol. The molecule has 7 heteroatoms. The van der Waals surface area contributed by atoms with Crippen LogP contribution in [-0.4, -0.2) is 14.3 Å². The number of hydrogen-bond acceptors (Lipinski definition) is 4.